The average Bonchev–Trinajstić information content (AvgIpc) is 2.06. The van der Waals surface area contributed by atoms with E-state index in [4.69, 9.17) is 0 Å². The van der Waals surface area contributed by atoms with Crippen LogP contribution in [0, 0.1) is 0 Å². The zero-order valence-electron chi connectivity index (χ0n) is 7.12. The minimum Gasteiger partial charge on any atom is -0.238 e. The summed E-state index contributed by atoms with van der Waals surface area (Å²) in [7, 11) is 2.08. The Balaban J connectivity index is 2.65. The first-order chi connectivity index (χ1) is 5.33. The SMILES string of the molecule is CC=[N+](C)Cc1ccccc1. The van der Waals surface area contributed by atoms with Gasteiger partial charge in [-0.25, -0.2) is 4.58 Å². The largest absolute Gasteiger partial charge is 0.238 e. The molecule has 0 aliphatic carbocycles. The lowest BCUT2D eigenvalue weighted by Gasteiger charge is -1.95. The van der Waals surface area contributed by atoms with Gasteiger partial charge in [0.1, 0.15) is 13.3 Å². The van der Waals surface area contributed by atoms with Crippen LogP contribution in [0.15, 0.2) is 30.3 Å². The molecule has 1 aromatic carbocycles. The van der Waals surface area contributed by atoms with Gasteiger partial charge in [0, 0.05) is 12.5 Å². The van der Waals surface area contributed by atoms with Gasteiger partial charge in [-0.15, -0.1) is 0 Å². The summed E-state index contributed by atoms with van der Waals surface area (Å²) in [6.07, 6.45) is 2.08. The molecule has 0 aromatic heterocycles. The van der Waals surface area contributed by atoms with Crippen molar-refractivity contribution in [3.8, 4) is 0 Å². The summed E-state index contributed by atoms with van der Waals surface area (Å²) in [6, 6.07) is 10.5. The summed E-state index contributed by atoms with van der Waals surface area (Å²) in [5.74, 6) is 0. The van der Waals surface area contributed by atoms with E-state index in [-0.39, 0.29) is 0 Å². The first kappa shape index (κ1) is 7.99. The molecule has 11 heavy (non-hydrogen) atoms. The molecule has 0 aliphatic heterocycles. The van der Waals surface area contributed by atoms with Crippen LogP contribution in [-0.4, -0.2) is 17.8 Å². The minimum atomic E-state index is 0.997. The molecule has 0 spiro atoms. The molecule has 1 nitrogen and oxygen atoms in total. The van der Waals surface area contributed by atoms with Crippen LogP contribution < -0.4 is 0 Å². The van der Waals surface area contributed by atoms with Gasteiger partial charge in [0.25, 0.3) is 0 Å². The van der Waals surface area contributed by atoms with Gasteiger partial charge in [0.05, 0.1) is 0 Å². The van der Waals surface area contributed by atoms with Crippen molar-refractivity contribution in [2.75, 3.05) is 7.05 Å². The fourth-order valence-corrected chi connectivity index (χ4v) is 0.963. The molecule has 1 rings (SSSR count). The highest BCUT2D eigenvalue weighted by molar-refractivity contribution is 5.46. The number of benzene rings is 1. The first-order valence-corrected chi connectivity index (χ1v) is 3.86. The van der Waals surface area contributed by atoms with E-state index in [1.165, 1.54) is 5.56 Å². The van der Waals surface area contributed by atoms with Crippen molar-refractivity contribution in [2.24, 2.45) is 0 Å². The summed E-state index contributed by atoms with van der Waals surface area (Å²) in [5.41, 5.74) is 1.35. The molecule has 1 aromatic rings. The monoisotopic (exact) mass is 148 g/mol. The van der Waals surface area contributed by atoms with Crippen molar-refractivity contribution in [2.45, 2.75) is 13.5 Å². The Labute approximate surface area is 68.0 Å². The van der Waals surface area contributed by atoms with Crippen molar-refractivity contribution in [3.05, 3.63) is 35.9 Å². The molecule has 0 bridgehead atoms. The van der Waals surface area contributed by atoms with E-state index < -0.39 is 0 Å². The van der Waals surface area contributed by atoms with E-state index in [0.29, 0.717) is 0 Å². The molecule has 0 N–H and O–H groups in total. The Hall–Kier alpha value is -1.11. The van der Waals surface area contributed by atoms with Gasteiger partial charge in [-0.05, 0) is 0 Å². The van der Waals surface area contributed by atoms with E-state index >= 15 is 0 Å². The second-order valence-corrected chi connectivity index (χ2v) is 2.66. The lowest BCUT2D eigenvalue weighted by Crippen LogP contribution is -2.04. The zero-order chi connectivity index (χ0) is 8.10. The molecule has 0 atom stereocenters. The lowest BCUT2D eigenvalue weighted by atomic mass is 10.2. The predicted molar refractivity (Wildman–Crippen MR) is 48.1 cm³/mol. The second kappa shape index (κ2) is 3.91. The third-order valence-electron chi connectivity index (χ3n) is 1.72. The van der Waals surface area contributed by atoms with Crippen molar-refractivity contribution < 1.29 is 4.58 Å². The summed E-state index contributed by atoms with van der Waals surface area (Å²) in [4.78, 5) is 0. The van der Waals surface area contributed by atoms with Crippen molar-refractivity contribution >= 4 is 6.21 Å². The van der Waals surface area contributed by atoms with Gasteiger partial charge >= 0.3 is 0 Å². The van der Waals surface area contributed by atoms with Crippen LogP contribution in [0.2, 0.25) is 0 Å². The molecule has 0 radical (unpaired) electrons. The Morgan fingerprint density at radius 3 is 2.45 bits per heavy atom. The van der Waals surface area contributed by atoms with Gasteiger partial charge in [-0.1, -0.05) is 30.3 Å². The van der Waals surface area contributed by atoms with E-state index in [1.807, 2.05) is 13.0 Å². The quantitative estimate of drug-likeness (QED) is 0.445. The van der Waals surface area contributed by atoms with Gasteiger partial charge in [0.15, 0.2) is 6.54 Å². The van der Waals surface area contributed by atoms with Gasteiger partial charge < -0.3 is 0 Å². The molecular weight excluding hydrogens is 134 g/mol. The van der Waals surface area contributed by atoms with E-state index in [1.54, 1.807) is 0 Å². The van der Waals surface area contributed by atoms with Crippen LogP contribution in [0.5, 0.6) is 0 Å². The van der Waals surface area contributed by atoms with Crippen LogP contribution in [0.4, 0.5) is 0 Å². The maximum absolute atomic E-state index is 2.16. The summed E-state index contributed by atoms with van der Waals surface area (Å²) >= 11 is 0. The van der Waals surface area contributed by atoms with Crippen LogP contribution in [0.3, 0.4) is 0 Å². The molecule has 0 aliphatic rings. The normalized spacial score (nSPS) is 11.6. The van der Waals surface area contributed by atoms with E-state index in [9.17, 15) is 0 Å². The number of hydrogen-bond donors (Lipinski definition) is 0. The highest BCUT2D eigenvalue weighted by Crippen LogP contribution is 1.98. The molecule has 0 fully saturated rings. The fraction of sp³-hybridized carbons (Fsp3) is 0.300. The Morgan fingerprint density at radius 1 is 1.27 bits per heavy atom. The van der Waals surface area contributed by atoms with Crippen LogP contribution in [-0.2, 0) is 6.54 Å². The minimum absolute atomic E-state index is 0.997. The Morgan fingerprint density at radius 2 is 1.91 bits per heavy atom. The maximum atomic E-state index is 2.16. The summed E-state index contributed by atoms with van der Waals surface area (Å²) in [5, 5.41) is 0. The molecule has 0 saturated heterocycles. The smallest absolute Gasteiger partial charge is 0.167 e. The number of nitrogens with zero attached hydrogens (tertiary/aromatic N) is 1. The number of rotatable bonds is 2. The lowest BCUT2D eigenvalue weighted by molar-refractivity contribution is -0.509. The molecule has 0 unspecified atom stereocenters. The molecule has 0 amide bonds. The van der Waals surface area contributed by atoms with E-state index in [0.717, 1.165) is 6.54 Å². The maximum Gasteiger partial charge on any atom is 0.167 e. The number of hydrogen-bond acceptors (Lipinski definition) is 0. The van der Waals surface area contributed by atoms with Gasteiger partial charge in [0.2, 0.25) is 0 Å². The van der Waals surface area contributed by atoms with Crippen LogP contribution in [0.25, 0.3) is 0 Å². The summed E-state index contributed by atoms with van der Waals surface area (Å²) in [6.45, 7) is 3.04. The summed E-state index contributed by atoms with van der Waals surface area (Å²) < 4.78 is 2.16. The predicted octanol–water partition coefficient (Wildman–Crippen LogP) is 1.92. The second-order valence-electron chi connectivity index (χ2n) is 2.66. The van der Waals surface area contributed by atoms with E-state index in [2.05, 4.69) is 42.1 Å². The standard InChI is InChI=1S/C10H14N/c1-3-11(2)9-10-7-5-4-6-8-10/h3-8H,9H2,1-2H3/q+1. The Kier molecular flexibility index (Phi) is 2.84. The molecular formula is C10H14N+. The van der Waals surface area contributed by atoms with Gasteiger partial charge in [-0.3, -0.25) is 0 Å². The molecule has 0 saturated carbocycles. The third kappa shape index (κ3) is 2.54. The molecule has 0 heterocycles. The van der Waals surface area contributed by atoms with Gasteiger partial charge in [-0.2, -0.15) is 0 Å². The van der Waals surface area contributed by atoms with Crippen molar-refractivity contribution in [1.82, 2.24) is 0 Å². The van der Waals surface area contributed by atoms with Crippen LogP contribution >= 0.6 is 0 Å². The zero-order valence-corrected chi connectivity index (χ0v) is 7.12. The van der Waals surface area contributed by atoms with Crippen molar-refractivity contribution in [1.29, 1.82) is 0 Å². The highest BCUT2D eigenvalue weighted by Gasteiger charge is 1.95. The Bertz CT molecular complexity index is 236. The molecule has 1 heteroatoms. The molecule has 58 valence electrons. The topological polar surface area (TPSA) is 3.01 Å². The highest BCUT2D eigenvalue weighted by atomic mass is 14.9. The van der Waals surface area contributed by atoms with Crippen molar-refractivity contribution in [3.63, 3.8) is 0 Å². The third-order valence-corrected chi connectivity index (χ3v) is 1.72. The fourth-order valence-electron chi connectivity index (χ4n) is 0.963. The van der Waals surface area contributed by atoms with Crippen LogP contribution in [0.1, 0.15) is 12.5 Å². The first-order valence-electron chi connectivity index (χ1n) is 3.86. The average molecular weight is 148 g/mol.